The highest BCUT2D eigenvalue weighted by molar-refractivity contribution is 7.90. The van der Waals surface area contributed by atoms with Crippen LogP contribution in [0.15, 0.2) is 24.3 Å². The molecule has 1 rings (SSSR count). The van der Waals surface area contributed by atoms with E-state index in [0.717, 1.165) is 0 Å². The van der Waals surface area contributed by atoms with Gasteiger partial charge in [-0.1, -0.05) is 18.2 Å². The maximum atomic E-state index is 13.9. The van der Waals surface area contributed by atoms with Crippen molar-refractivity contribution in [3.05, 3.63) is 35.6 Å². The molecule has 1 aromatic rings. The summed E-state index contributed by atoms with van der Waals surface area (Å²) in [6.07, 6.45) is 2.03. The van der Waals surface area contributed by atoms with Crippen molar-refractivity contribution < 1.29 is 12.8 Å². The highest BCUT2D eigenvalue weighted by Crippen LogP contribution is 2.34. The Morgan fingerprint density at radius 2 is 1.79 bits per heavy atom. The van der Waals surface area contributed by atoms with Gasteiger partial charge in [-0.2, -0.15) is 0 Å². The third-order valence-corrected chi connectivity index (χ3v) is 5.18. The zero-order valence-electron chi connectivity index (χ0n) is 10.7. The number of rotatable bonds is 7. The Morgan fingerprint density at radius 3 is 2.26 bits per heavy atom. The number of hydrogen-bond acceptors (Lipinski definition) is 2. The number of sulfone groups is 1. The largest absolute Gasteiger partial charge is 0.229 e. The first-order valence-corrected chi connectivity index (χ1v) is 9.02. The zero-order valence-corrected chi connectivity index (χ0v) is 13.0. The Balaban J connectivity index is 2.95. The smallest absolute Gasteiger partial charge is 0.147 e. The first-order valence-electron chi connectivity index (χ1n) is 5.89. The van der Waals surface area contributed by atoms with Crippen LogP contribution < -0.4 is 0 Å². The Hall–Kier alpha value is -0.320. The van der Waals surface area contributed by atoms with Gasteiger partial charge in [-0.05, 0) is 24.5 Å². The Labute approximate surface area is 123 Å². The van der Waals surface area contributed by atoms with E-state index in [0.29, 0.717) is 18.4 Å². The van der Waals surface area contributed by atoms with Gasteiger partial charge in [-0.25, -0.2) is 12.8 Å². The summed E-state index contributed by atoms with van der Waals surface area (Å²) < 4.78 is 36.2. The molecule has 0 aliphatic heterocycles. The fourth-order valence-electron chi connectivity index (χ4n) is 2.01. The second-order valence-electron chi connectivity index (χ2n) is 4.76. The Bertz CT molecular complexity index is 513. The van der Waals surface area contributed by atoms with E-state index in [2.05, 4.69) is 0 Å². The molecule has 0 aliphatic rings. The minimum Gasteiger partial charge on any atom is -0.229 e. The van der Waals surface area contributed by atoms with Crippen molar-refractivity contribution in [1.82, 2.24) is 0 Å². The van der Waals surface area contributed by atoms with Gasteiger partial charge in [-0.15, -0.1) is 23.2 Å². The predicted octanol–water partition coefficient (Wildman–Crippen LogP) is 3.37. The molecule has 0 aromatic heterocycles. The maximum absolute atomic E-state index is 13.9. The molecule has 0 saturated carbocycles. The molecule has 0 saturated heterocycles. The molecule has 0 spiro atoms. The molecule has 19 heavy (non-hydrogen) atoms. The second kappa shape index (κ2) is 6.91. The van der Waals surface area contributed by atoms with Gasteiger partial charge in [0.1, 0.15) is 15.7 Å². The number of hydrogen-bond donors (Lipinski definition) is 0. The maximum Gasteiger partial charge on any atom is 0.147 e. The minimum atomic E-state index is -3.04. The fourth-order valence-corrected chi connectivity index (χ4v) is 3.52. The molecule has 0 heterocycles. The van der Waals surface area contributed by atoms with E-state index in [4.69, 9.17) is 23.2 Å². The van der Waals surface area contributed by atoms with Gasteiger partial charge in [0.2, 0.25) is 0 Å². The topological polar surface area (TPSA) is 34.1 Å². The lowest BCUT2D eigenvalue weighted by Gasteiger charge is -2.30. The predicted molar refractivity (Wildman–Crippen MR) is 78.5 cm³/mol. The first kappa shape index (κ1) is 16.7. The third-order valence-electron chi connectivity index (χ3n) is 3.13. The van der Waals surface area contributed by atoms with Crippen LogP contribution in [0.25, 0.3) is 0 Å². The summed E-state index contributed by atoms with van der Waals surface area (Å²) in [4.78, 5) is 0. The zero-order chi connectivity index (χ0) is 14.5. The standard InChI is InChI=1S/C13H17Cl2FO2S/c1-19(17,18)8-4-7-13(9-14,10-15)11-5-2-3-6-12(11)16/h2-3,5-6H,4,7-10H2,1H3. The van der Waals surface area contributed by atoms with Gasteiger partial charge >= 0.3 is 0 Å². The molecule has 0 radical (unpaired) electrons. The molecular weight excluding hydrogens is 310 g/mol. The summed E-state index contributed by atoms with van der Waals surface area (Å²) in [5, 5.41) is 0. The first-order chi connectivity index (χ1) is 8.84. The molecule has 0 N–H and O–H groups in total. The van der Waals surface area contributed by atoms with Crippen LogP contribution in [0.5, 0.6) is 0 Å². The molecule has 0 fully saturated rings. The van der Waals surface area contributed by atoms with Gasteiger partial charge in [0.05, 0.1) is 0 Å². The molecule has 0 atom stereocenters. The SMILES string of the molecule is CS(=O)(=O)CCCC(CCl)(CCl)c1ccccc1F. The normalized spacial score (nSPS) is 12.6. The van der Waals surface area contributed by atoms with Crippen molar-refractivity contribution in [1.29, 1.82) is 0 Å². The van der Waals surface area contributed by atoms with Crippen LogP contribution in [0.2, 0.25) is 0 Å². The van der Waals surface area contributed by atoms with Crippen LogP contribution in [0, 0.1) is 5.82 Å². The quantitative estimate of drug-likeness (QED) is 0.720. The molecule has 0 unspecified atom stereocenters. The third kappa shape index (κ3) is 4.62. The van der Waals surface area contributed by atoms with Crippen molar-refractivity contribution in [3.8, 4) is 0 Å². The minimum absolute atomic E-state index is 0.0526. The molecule has 0 aliphatic carbocycles. The van der Waals surface area contributed by atoms with E-state index < -0.39 is 15.3 Å². The van der Waals surface area contributed by atoms with Gasteiger partial charge in [0.15, 0.2) is 0 Å². The average molecular weight is 327 g/mol. The summed E-state index contributed by atoms with van der Waals surface area (Å²) in [6.45, 7) is 0. The van der Waals surface area contributed by atoms with Crippen LogP contribution in [0.3, 0.4) is 0 Å². The number of benzene rings is 1. The van der Waals surface area contributed by atoms with Crippen molar-refractivity contribution >= 4 is 33.0 Å². The lowest BCUT2D eigenvalue weighted by molar-refractivity contribution is 0.454. The van der Waals surface area contributed by atoms with E-state index >= 15 is 0 Å². The Morgan fingerprint density at radius 1 is 1.21 bits per heavy atom. The summed E-state index contributed by atoms with van der Waals surface area (Å²) in [5.74, 6) is 0.00230. The van der Waals surface area contributed by atoms with Crippen molar-refractivity contribution in [2.75, 3.05) is 23.8 Å². The molecule has 108 valence electrons. The van der Waals surface area contributed by atoms with Crippen molar-refractivity contribution in [3.63, 3.8) is 0 Å². The van der Waals surface area contributed by atoms with Gasteiger partial charge in [0, 0.05) is 29.2 Å². The monoisotopic (exact) mass is 326 g/mol. The molecule has 0 amide bonds. The second-order valence-corrected chi connectivity index (χ2v) is 7.56. The molecule has 6 heteroatoms. The van der Waals surface area contributed by atoms with E-state index in [9.17, 15) is 12.8 Å². The molecule has 2 nitrogen and oxygen atoms in total. The lowest BCUT2D eigenvalue weighted by atomic mass is 9.80. The van der Waals surface area contributed by atoms with Crippen molar-refractivity contribution in [2.24, 2.45) is 0 Å². The van der Waals surface area contributed by atoms with Gasteiger partial charge < -0.3 is 0 Å². The summed E-state index contributed by atoms with van der Waals surface area (Å²) >= 11 is 12.0. The number of halogens is 3. The van der Waals surface area contributed by atoms with E-state index in [1.165, 1.54) is 12.3 Å². The molecule has 0 bridgehead atoms. The van der Waals surface area contributed by atoms with Crippen molar-refractivity contribution in [2.45, 2.75) is 18.3 Å². The van der Waals surface area contributed by atoms with E-state index in [1.54, 1.807) is 18.2 Å². The van der Waals surface area contributed by atoms with Crippen LogP contribution >= 0.6 is 23.2 Å². The van der Waals surface area contributed by atoms with Crippen LogP contribution in [-0.4, -0.2) is 32.2 Å². The van der Waals surface area contributed by atoms with Crippen LogP contribution in [0.4, 0.5) is 4.39 Å². The summed E-state index contributed by atoms with van der Waals surface area (Å²) in [7, 11) is -3.04. The van der Waals surface area contributed by atoms with Gasteiger partial charge in [0.25, 0.3) is 0 Å². The molecule has 1 aromatic carbocycles. The lowest BCUT2D eigenvalue weighted by Crippen LogP contribution is -2.32. The van der Waals surface area contributed by atoms with Gasteiger partial charge in [-0.3, -0.25) is 0 Å². The van der Waals surface area contributed by atoms with Crippen LogP contribution in [0.1, 0.15) is 18.4 Å². The number of alkyl halides is 2. The van der Waals surface area contributed by atoms with E-state index in [1.807, 2.05) is 0 Å². The fraction of sp³-hybridized carbons (Fsp3) is 0.538. The highest BCUT2D eigenvalue weighted by Gasteiger charge is 2.32. The summed E-state index contributed by atoms with van der Waals surface area (Å²) in [6, 6.07) is 6.34. The van der Waals surface area contributed by atoms with Crippen LogP contribution in [-0.2, 0) is 15.3 Å². The summed E-state index contributed by atoms with van der Waals surface area (Å²) in [5.41, 5.74) is -0.271. The Kier molecular flexibility index (Phi) is 6.09. The average Bonchev–Trinajstić information content (AvgIpc) is 2.35. The van der Waals surface area contributed by atoms with E-state index in [-0.39, 0.29) is 23.3 Å². The molecular formula is C13H17Cl2FO2S. The highest BCUT2D eigenvalue weighted by atomic mass is 35.5.